The van der Waals surface area contributed by atoms with Crippen molar-refractivity contribution < 1.29 is 4.79 Å². The fourth-order valence-corrected chi connectivity index (χ4v) is 2.62. The van der Waals surface area contributed by atoms with E-state index in [1.165, 1.54) is 11.3 Å². The molecule has 4 nitrogen and oxygen atoms in total. The zero-order valence-electron chi connectivity index (χ0n) is 12.0. The lowest BCUT2D eigenvalue weighted by Crippen LogP contribution is -2.11. The fraction of sp³-hybridized carbons (Fsp3) is 0.0588. The topological polar surface area (TPSA) is 68.0 Å². The average molecular weight is 309 g/mol. The second-order valence-corrected chi connectivity index (χ2v) is 5.86. The number of carbonyl (C=O) groups excluding carboxylic acids is 1. The lowest BCUT2D eigenvalue weighted by molar-refractivity contribution is 0.102. The molecule has 0 aliphatic heterocycles. The Morgan fingerprint density at radius 3 is 2.36 bits per heavy atom. The van der Waals surface area contributed by atoms with Crippen LogP contribution in [0.1, 0.15) is 15.9 Å². The molecule has 0 saturated carbocycles. The number of aryl methyl sites for hydroxylation is 1. The van der Waals surface area contributed by atoms with Gasteiger partial charge in [-0.15, -0.1) is 11.3 Å². The minimum Gasteiger partial charge on any atom is -0.375 e. The molecule has 0 saturated heterocycles. The summed E-state index contributed by atoms with van der Waals surface area (Å²) in [4.78, 5) is 16.4. The Balaban J connectivity index is 1.73. The molecule has 110 valence electrons. The zero-order chi connectivity index (χ0) is 15.5. The van der Waals surface area contributed by atoms with Crippen LogP contribution in [-0.2, 0) is 0 Å². The van der Waals surface area contributed by atoms with Gasteiger partial charge in [-0.05, 0) is 31.2 Å². The second-order valence-electron chi connectivity index (χ2n) is 4.97. The van der Waals surface area contributed by atoms with Crippen molar-refractivity contribution in [2.75, 3.05) is 11.1 Å². The number of nitrogens with one attached hydrogen (secondary N) is 1. The summed E-state index contributed by atoms with van der Waals surface area (Å²) >= 11 is 1.41. The van der Waals surface area contributed by atoms with Crippen molar-refractivity contribution >= 4 is 28.1 Å². The van der Waals surface area contributed by atoms with Crippen molar-refractivity contribution in [2.45, 2.75) is 6.92 Å². The summed E-state index contributed by atoms with van der Waals surface area (Å²) < 4.78 is 0. The third-order valence-corrected chi connectivity index (χ3v) is 3.95. The molecule has 5 heteroatoms. The highest BCUT2D eigenvalue weighted by molar-refractivity contribution is 7.13. The first-order valence-electron chi connectivity index (χ1n) is 6.81. The molecule has 3 rings (SSSR count). The van der Waals surface area contributed by atoms with Crippen molar-refractivity contribution in [3.63, 3.8) is 0 Å². The van der Waals surface area contributed by atoms with Gasteiger partial charge in [-0.1, -0.05) is 29.8 Å². The molecule has 0 unspecified atom stereocenters. The Bertz CT molecular complexity index is 792. The van der Waals surface area contributed by atoms with E-state index in [9.17, 15) is 4.79 Å². The molecule has 2 aromatic carbocycles. The quantitative estimate of drug-likeness (QED) is 0.769. The molecule has 0 fully saturated rings. The largest absolute Gasteiger partial charge is 0.375 e. The molecule has 3 aromatic rings. The summed E-state index contributed by atoms with van der Waals surface area (Å²) in [7, 11) is 0. The van der Waals surface area contributed by atoms with Gasteiger partial charge in [0, 0.05) is 22.2 Å². The first-order valence-corrected chi connectivity index (χ1v) is 7.69. The second kappa shape index (κ2) is 5.99. The van der Waals surface area contributed by atoms with Gasteiger partial charge in [0.05, 0.1) is 5.69 Å². The molecule has 0 atom stereocenters. The summed E-state index contributed by atoms with van der Waals surface area (Å²) in [5.74, 6) is -0.120. The molecule has 0 aliphatic carbocycles. The van der Waals surface area contributed by atoms with Gasteiger partial charge >= 0.3 is 0 Å². The molecule has 1 heterocycles. The minimum absolute atomic E-state index is 0.120. The summed E-state index contributed by atoms with van der Waals surface area (Å²) in [6.07, 6.45) is 0. The Morgan fingerprint density at radius 2 is 1.77 bits per heavy atom. The fourth-order valence-electron chi connectivity index (χ4n) is 2.05. The van der Waals surface area contributed by atoms with Crippen LogP contribution in [0.15, 0.2) is 53.9 Å². The van der Waals surface area contributed by atoms with Crippen molar-refractivity contribution in [2.24, 2.45) is 0 Å². The number of benzene rings is 2. The maximum absolute atomic E-state index is 12.1. The van der Waals surface area contributed by atoms with E-state index in [0.29, 0.717) is 10.7 Å². The van der Waals surface area contributed by atoms with Crippen LogP contribution in [0.5, 0.6) is 0 Å². The smallest absolute Gasteiger partial charge is 0.255 e. The summed E-state index contributed by atoms with van der Waals surface area (Å²) in [6, 6.07) is 15.0. The maximum Gasteiger partial charge on any atom is 0.255 e. The van der Waals surface area contributed by atoms with E-state index in [2.05, 4.69) is 10.3 Å². The van der Waals surface area contributed by atoms with Crippen LogP contribution >= 0.6 is 11.3 Å². The zero-order valence-corrected chi connectivity index (χ0v) is 12.9. The van der Waals surface area contributed by atoms with Crippen LogP contribution in [0.25, 0.3) is 11.3 Å². The molecular weight excluding hydrogens is 294 g/mol. The number of aromatic nitrogens is 1. The first-order chi connectivity index (χ1) is 10.6. The molecule has 0 radical (unpaired) electrons. The maximum atomic E-state index is 12.1. The van der Waals surface area contributed by atoms with E-state index in [4.69, 9.17) is 5.73 Å². The standard InChI is InChI=1S/C17H15N3OS/c1-11-2-4-13(5-3-11)16(21)19-14-8-6-12(7-9-14)15-10-22-17(18)20-15/h2-10H,1H3,(H2,18,20)(H,19,21). The number of carbonyl (C=O) groups is 1. The Labute approximate surface area is 132 Å². The Morgan fingerprint density at radius 1 is 1.09 bits per heavy atom. The van der Waals surface area contributed by atoms with E-state index in [0.717, 1.165) is 22.5 Å². The molecule has 1 amide bonds. The monoisotopic (exact) mass is 309 g/mol. The molecular formula is C17H15N3OS. The van der Waals surface area contributed by atoms with E-state index in [-0.39, 0.29) is 5.91 Å². The number of nitrogen functional groups attached to an aromatic ring is 1. The normalized spacial score (nSPS) is 10.4. The lowest BCUT2D eigenvalue weighted by atomic mass is 10.1. The summed E-state index contributed by atoms with van der Waals surface area (Å²) in [6.45, 7) is 1.99. The Kier molecular flexibility index (Phi) is 3.89. The van der Waals surface area contributed by atoms with Gasteiger partial charge in [-0.2, -0.15) is 0 Å². The van der Waals surface area contributed by atoms with Crippen LogP contribution in [0.3, 0.4) is 0 Å². The van der Waals surface area contributed by atoms with E-state index >= 15 is 0 Å². The predicted molar refractivity (Wildman–Crippen MR) is 91.1 cm³/mol. The van der Waals surface area contributed by atoms with Crippen LogP contribution < -0.4 is 11.1 Å². The number of hydrogen-bond acceptors (Lipinski definition) is 4. The number of nitrogens with zero attached hydrogens (tertiary/aromatic N) is 1. The number of thiazole rings is 1. The average Bonchev–Trinajstić information content (AvgIpc) is 2.95. The highest BCUT2D eigenvalue weighted by atomic mass is 32.1. The van der Waals surface area contributed by atoms with Gasteiger partial charge in [0.25, 0.3) is 5.91 Å². The van der Waals surface area contributed by atoms with E-state index < -0.39 is 0 Å². The highest BCUT2D eigenvalue weighted by Gasteiger charge is 2.07. The van der Waals surface area contributed by atoms with Crippen molar-refractivity contribution in [1.82, 2.24) is 4.98 Å². The SMILES string of the molecule is Cc1ccc(C(=O)Nc2ccc(-c3csc(N)n3)cc2)cc1. The van der Waals surface area contributed by atoms with Gasteiger partial charge in [-0.3, -0.25) is 4.79 Å². The number of rotatable bonds is 3. The van der Waals surface area contributed by atoms with Gasteiger partial charge in [-0.25, -0.2) is 4.98 Å². The minimum atomic E-state index is -0.120. The van der Waals surface area contributed by atoms with Crippen LogP contribution in [0, 0.1) is 6.92 Å². The molecule has 3 N–H and O–H groups in total. The number of amides is 1. The Hall–Kier alpha value is -2.66. The van der Waals surface area contributed by atoms with Crippen molar-refractivity contribution in [3.8, 4) is 11.3 Å². The van der Waals surface area contributed by atoms with E-state index in [1.807, 2.05) is 60.8 Å². The van der Waals surface area contributed by atoms with Gasteiger partial charge in [0.15, 0.2) is 5.13 Å². The predicted octanol–water partition coefficient (Wildman–Crippen LogP) is 3.95. The molecule has 1 aromatic heterocycles. The van der Waals surface area contributed by atoms with Crippen LogP contribution in [-0.4, -0.2) is 10.9 Å². The third-order valence-electron chi connectivity index (χ3n) is 3.27. The summed E-state index contributed by atoms with van der Waals surface area (Å²) in [5, 5.41) is 5.34. The third kappa shape index (κ3) is 3.15. The highest BCUT2D eigenvalue weighted by Crippen LogP contribution is 2.24. The number of nitrogens with two attached hydrogens (primary N) is 1. The molecule has 0 spiro atoms. The van der Waals surface area contributed by atoms with E-state index in [1.54, 1.807) is 0 Å². The lowest BCUT2D eigenvalue weighted by Gasteiger charge is -2.06. The first kappa shape index (κ1) is 14.3. The molecule has 22 heavy (non-hydrogen) atoms. The molecule has 0 aliphatic rings. The molecule has 0 bridgehead atoms. The van der Waals surface area contributed by atoms with Crippen molar-refractivity contribution in [3.05, 3.63) is 65.0 Å². The van der Waals surface area contributed by atoms with Crippen LogP contribution in [0.2, 0.25) is 0 Å². The van der Waals surface area contributed by atoms with Gasteiger partial charge in [0.1, 0.15) is 0 Å². The number of anilines is 2. The van der Waals surface area contributed by atoms with Crippen LogP contribution in [0.4, 0.5) is 10.8 Å². The summed E-state index contributed by atoms with van der Waals surface area (Å²) in [5.41, 5.74) is 9.97. The number of hydrogen-bond donors (Lipinski definition) is 2. The van der Waals surface area contributed by atoms with Gasteiger partial charge in [0.2, 0.25) is 0 Å². The van der Waals surface area contributed by atoms with Gasteiger partial charge < -0.3 is 11.1 Å². The van der Waals surface area contributed by atoms with Crippen molar-refractivity contribution in [1.29, 1.82) is 0 Å².